The second-order valence-electron chi connectivity index (χ2n) is 2.30. The van der Waals surface area contributed by atoms with E-state index >= 15 is 0 Å². The molecule has 4 nitrogen and oxygen atoms in total. The van der Waals surface area contributed by atoms with Crippen molar-refractivity contribution in [1.82, 2.24) is 0 Å². The number of nitrogens with zero attached hydrogens (tertiary/aromatic N) is 2. The number of phenols is 2. The van der Waals surface area contributed by atoms with E-state index in [0.717, 1.165) is 0 Å². The van der Waals surface area contributed by atoms with Crippen LogP contribution >= 0.6 is 23.2 Å². The molecule has 2 N–H and O–H groups in total. The molecule has 0 atom stereocenters. The van der Waals surface area contributed by atoms with Crippen LogP contribution in [0.2, 0.25) is 10.0 Å². The van der Waals surface area contributed by atoms with Crippen molar-refractivity contribution < 1.29 is 10.2 Å². The number of rotatable bonds is 0. The third-order valence-corrected chi connectivity index (χ3v) is 2.28. The van der Waals surface area contributed by atoms with Gasteiger partial charge in [0, 0.05) is 0 Å². The van der Waals surface area contributed by atoms with Gasteiger partial charge in [-0.2, -0.15) is 10.5 Å². The highest BCUT2D eigenvalue weighted by molar-refractivity contribution is 6.39. The maximum Gasteiger partial charge on any atom is 0.158 e. The Hall–Kier alpha value is -1.62. The van der Waals surface area contributed by atoms with Crippen molar-refractivity contribution in [3.05, 3.63) is 21.2 Å². The molecule has 6 heteroatoms. The highest BCUT2D eigenvalue weighted by atomic mass is 35.5. The summed E-state index contributed by atoms with van der Waals surface area (Å²) in [7, 11) is 0. The van der Waals surface area contributed by atoms with Gasteiger partial charge in [0.05, 0.1) is 5.56 Å². The maximum atomic E-state index is 9.29. The molecule has 70 valence electrons. The third kappa shape index (κ3) is 1.31. The van der Waals surface area contributed by atoms with E-state index in [1.807, 2.05) is 0 Å². The molecular weight excluding hydrogens is 227 g/mol. The molecule has 0 spiro atoms. The van der Waals surface area contributed by atoms with E-state index in [1.54, 1.807) is 12.1 Å². The van der Waals surface area contributed by atoms with Gasteiger partial charge in [0.15, 0.2) is 11.5 Å². The third-order valence-electron chi connectivity index (χ3n) is 1.55. The number of hydrogen-bond donors (Lipinski definition) is 2. The van der Waals surface area contributed by atoms with Gasteiger partial charge in [-0.05, 0) is 0 Å². The summed E-state index contributed by atoms with van der Waals surface area (Å²) >= 11 is 11.0. The van der Waals surface area contributed by atoms with E-state index in [1.165, 1.54) is 0 Å². The van der Waals surface area contributed by atoms with Gasteiger partial charge in [-0.1, -0.05) is 23.2 Å². The van der Waals surface area contributed by atoms with Crippen LogP contribution < -0.4 is 0 Å². The lowest BCUT2D eigenvalue weighted by Crippen LogP contribution is -1.88. The first kappa shape index (κ1) is 10.5. The quantitative estimate of drug-likeness (QED) is 0.713. The SMILES string of the molecule is N#Cc1c(O)c(Cl)c(O)c(Cl)c1C#N. The van der Waals surface area contributed by atoms with Gasteiger partial charge in [-0.25, -0.2) is 0 Å². The second-order valence-corrected chi connectivity index (χ2v) is 3.05. The minimum Gasteiger partial charge on any atom is -0.505 e. The highest BCUT2D eigenvalue weighted by Crippen LogP contribution is 2.43. The molecule has 1 aromatic rings. The Labute approximate surface area is 89.1 Å². The fraction of sp³-hybridized carbons (Fsp3) is 0. The Morgan fingerprint density at radius 3 is 1.79 bits per heavy atom. The highest BCUT2D eigenvalue weighted by Gasteiger charge is 2.21. The van der Waals surface area contributed by atoms with Crippen LogP contribution in [0.15, 0.2) is 0 Å². The van der Waals surface area contributed by atoms with Crippen LogP contribution in [0, 0.1) is 22.7 Å². The monoisotopic (exact) mass is 228 g/mol. The zero-order valence-corrected chi connectivity index (χ0v) is 8.06. The smallest absolute Gasteiger partial charge is 0.158 e. The lowest BCUT2D eigenvalue weighted by Gasteiger charge is -2.06. The summed E-state index contributed by atoms with van der Waals surface area (Å²) < 4.78 is 0. The molecule has 14 heavy (non-hydrogen) atoms. The molecule has 0 heterocycles. The number of halogens is 2. The number of benzene rings is 1. The van der Waals surface area contributed by atoms with Crippen molar-refractivity contribution >= 4 is 23.2 Å². The summed E-state index contributed by atoms with van der Waals surface area (Å²) in [6.07, 6.45) is 0. The summed E-state index contributed by atoms with van der Waals surface area (Å²) in [5.41, 5.74) is -0.645. The van der Waals surface area contributed by atoms with Crippen molar-refractivity contribution in [3.63, 3.8) is 0 Å². The predicted molar refractivity (Wildman–Crippen MR) is 49.2 cm³/mol. The fourth-order valence-electron chi connectivity index (χ4n) is 0.879. The number of nitriles is 2. The Bertz CT molecular complexity index is 441. The van der Waals surface area contributed by atoms with E-state index in [-0.39, 0.29) is 16.1 Å². The van der Waals surface area contributed by atoms with Crippen molar-refractivity contribution in [2.75, 3.05) is 0 Å². The molecular formula is C8H2Cl2N2O2. The topological polar surface area (TPSA) is 88.0 Å². The molecule has 0 bridgehead atoms. The first-order valence-corrected chi connectivity index (χ1v) is 4.03. The van der Waals surface area contributed by atoms with Crippen molar-refractivity contribution in [1.29, 1.82) is 10.5 Å². The molecule has 0 aromatic heterocycles. The molecule has 0 fully saturated rings. The molecule has 0 aliphatic heterocycles. The van der Waals surface area contributed by atoms with Crippen molar-refractivity contribution in [2.45, 2.75) is 0 Å². The number of hydrogen-bond acceptors (Lipinski definition) is 4. The number of phenolic OH excluding ortho intramolecular Hbond substituents is 2. The zero-order valence-electron chi connectivity index (χ0n) is 6.54. The largest absolute Gasteiger partial charge is 0.505 e. The molecule has 1 aromatic carbocycles. The van der Waals surface area contributed by atoms with Crippen molar-refractivity contribution in [3.8, 4) is 23.6 Å². The van der Waals surface area contributed by atoms with Crippen molar-refractivity contribution in [2.24, 2.45) is 0 Å². The maximum absolute atomic E-state index is 9.29. The summed E-state index contributed by atoms with van der Waals surface area (Å²) in [6, 6.07) is 3.16. The van der Waals surface area contributed by atoms with Crippen LogP contribution in [-0.4, -0.2) is 10.2 Å². The Morgan fingerprint density at radius 1 is 0.857 bits per heavy atom. The number of aromatic hydroxyl groups is 2. The second kappa shape index (κ2) is 3.63. The lowest BCUT2D eigenvalue weighted by atomic mass is 10.1. The van der Waals surface area contributed by atoms with E-state index in [4.69, 9.17) is 33.7 Å². The molecule has 1 rings (SSSR count). The van der Waals surface area contributed by atoms with E-state index < -0.39 is 16.5 Å². The summed E-state index contributed by atoms with van der Waals surface area (Å²) in [5.74, 6) is -1.26. The van der Waals surface area contributed by atoms with E-state index in [0.29, 0.717) is 0 Å². The standard InChI is InChI=1S/C8H2Cl2N2O2/c9-5-3(1-11)4(2-12)7(13)6(10)8(5)14/h13-14H. The molecule has 0 aliphatic carbocycles. The zero-order chi connectivity index (χ0) is 10.9. The van der Waals surface area contributed by atoms with Crippen LogP contribution in [0.4, 0.5) is 0 Å². The molecule has 0 unspecified atom stereocenters. The minimum absolute atomic E-state index is 0.298. The molecule has 0 radical (unpaired) electrons. The van der Waals surface area contributed by atoms with Gasteiger partial charge in [-0.15, -0.1) is 0 Å². The summed E-state index contributed by atoms with van der Waals surface area (Å²) in [4.78, 5) is 0. The van der Waals surface area contributed by atoms with Gasteiger partial charge >= 0.3 is 0 Å². The average molecular weight is 229 g/mol. The van der Waals surface area contributed by atoms with Gasteiger partial charge in [0.2, 0.25) is 0 Å². The Balaban J connectivity index is 3.79. The van der Waals surface area contributed by atoms with Crippen LogP contribution in [0.3, 0.4) is 0 Å². The summed E-state index contributed by atoms with van der Waals surface area (Å²) in [6.45, 7) is 0. The minimum atomic E-state index is -0.646. The van der Waals surface area contributed by atoms with E-state index in [9.17, 15) is 10.2 Å². The van der Waals surface area contributed by atoms with Gasteiger partial charge in [0.25, 0.3) is 0 Å². The molecule has 0 saturated carbocycles. The lowest BCUT2D eigenvalue weighted by molar-refractivity contribution is 0.450. The Morgan fingerprint density at radius 2 is 1.36 bits per heavy atom. The molecule has 0 amide bonds. The van der Waals surface area contributed by atoms with Gasteiger partial charge in [-0.3, -0.25) is 0 Å². The van der Waals surface area contributed by atoms with Crippen LogP contribution in [0.5, 0.6) is 11.5 Å². The predicted octanol–water partition coefficient (Wildman–Crippen LogP) is 2.15. The average Bonchev–Trinajstić information content (AvgIpc) is 2.20. The van der Waals surface area contributed by atoms with Crippen LogP contribution in [0.25, 0.3) is 0 Å². The van der Waals surface area contributed by atoms with Crippen LogP contribution in [0.1, 0.15) is 11.1 Å². The summed E-state index contributed by atoms with van der Waals surface area (Å²) in [5, 5.41) is 35.0. The van der Waals surface area contributed by atoms with Crippen LogP contribution in [-0.2, 0) is 0 Å². The first-order chi connectivity index (χ1) is 6.54. The van der Waals surface area contributed by atoms with Gasteiger partial charge in [0.1, 0.15) is 27.7 Å². The van der Waals surface area contributed by atoms with E-state index in [2.05, 4.69) is 0 Å². The normalized spacial score (nSPS) is 9.14. The first-order valence-electron chi connectivity index (χ1n) is 3.27. The fourth-order valence-corrected chi connectivity index (χ4v) is 1.35. The molecule has 0 saturated heterocycles. The molecule has 0 aliphatic rings. The van der Waals surface area contributed by atoms with Gasteiger partial charge < -0.3 is 10.2 Å². The Kier molecular flexibility index (Phi) is 2.71.